The minimum Gasteiger partial charge on any atom is -0.466 e. The van der Waals surface area contributed by atoms with Gasteiger partial charge in [-0.25, -0.2) is 0 Å². The first-order valence-corrected chi connectivity index (χ1v) is 7.16. The second-order valence-electron chi connectivity index (χ2n) is 4.20. The van der Waals surface area contributed by atoms with Crippen LogP contribution in [0.15, 0.2) is 34.8 Å². The van der Waals surface area contributed by atoms with E-state index >= 15 is 0 Å². The zero-order chi connectivity index (χ0) is 15.0. The number of likely N-dealkylation sites (N-methyl/N-ethyl adjacent to an activating group) is 1. The maximum absolute atomic E-state index is 11.8. The Morgan fingerprint density at radius 2 is 1.95 bits per heavy atom. The highest BCUT2D eigenvalue weighted by Crippen LogP contribution is 2.11. The summed E-state index contributed by atoms with van der Waals surface area (Å²) in [4.78, 5) is 24.5. The molecule has 20 heavy (non-hydrogen) atoms. The molecule has 5 heteroatoms. The molecular weight excluding hydrogens is 322 g/mol. The van der Waals surface area contributed by atoms with Gasteiger partial charge in [0, 0.05) is 24.1 Å². The van der Waals surface area contributed by atoms with E-state index in [0.717, 1.165) is 10.0 Å². The first-order valence-electron chi connectivity index (χ1n) is 6.37. The average Bonchev–Trinajstić information content (AvgIpc) is 2.44. The molecule has 0 radical (unpaired) electrons. The van der Waals surface area contributed by atoms with E-state index in [9.17, 15) is 9.59 Å². The van der Waals surface area contributed by atoms with Crippen LogP contribution in [0.1, 0.15) is 18.9 Å². The number of nitrogens with zero attached hydrogens (tertiary/aromatic N) is 1. The smallest absolute Gasteiger partial charge is 0.307 e. The molecule has 108 valence electrons. The number of rotatable bonds is 6. The number of carbonyl (C=O) groups excluding carboxylic acids is 2. The van der Waals surface area contributed by atoms with Crippen molar-refractivity contribution >= 4 is 33.9 Å². The molecule has 4 nitrogen and oxygen atoms in total. The Morgan fingerprint density at radius 1 is 1.30 bits per heavy atom. The molecule has 0 saturated heterocycles. The second-order valence-corrected chi connectivity index (χ2v) is 5.12. The van der Waals surface area contributed by atoms with Crippen LogP contribution in [0.2, 0.25) is 0 Å². The molecule has 0 spiro atoms. The second kappa shape index (κ2) is 8.53. The molecule has 0 saturated carbocycles. The summed E-state index contributed by atoms with van der Waals surface area (Å²) >= 11 is 3.35. The molecule has 0 aromatic heterocycles. The van der Waals surface area contributed by atoms with E-state index in [0.29, 0.717) is 13.2 Å². The fraction of sp³-hybridized carbons (Fsp3) is 0.333. The summed E-state index contributed by atoms with van der Waals surface area (Å²) in [5.41, 5.74) is 0.945. The molecule has 0 aliphatic carbocycles. The topological polar surface area (TPSA) is 46.6 Å². The maximum atomic E-state index is 11.8. The lowest BCUT2D eigenvalue weighted by molar-refractivity contribution is -0.143. The van der Waals surface area contributed by atoms with Crippen LogP contribution in [0, 0.1) is 0 Å². The van der Waals surface area contributed by atoms with Gasteiger partial charge < -0.3 is 9.64 Å². The third kappa shape index (κ3) is 6.02. The van der Waals surface area contributed by atoms with E-state index in [1.165, 1.54) is 11.0 Å². The summed E-state index contributed by atoms with van der Waals surface area (Å²) in [6.45, 7) is 2.47. The molecule has 1 amide bonds. The lowest BCUT2D eigenvalue weighted by atomic mass is 10.2. The summed E-state index contributed by atoms with van der Waals surface area (Å²) in [5, 5.41) is 0. The zero-order valence-corrected chi connectivity index (χ0v) is 13.2. The monoisotopic (exact) mass is 339 g/mol. The summed E-state index contributed by atoms with van der Waals surface area (Å²) in [6.07, 6.45) is 3.45. The molecule has 0 bridgehead atoms. The van der Waals surface area contributed by atoms with Gasteiger partial charge in [-0.3, -0.25) is 9.59 Å². The molecule has 1 aromatic rings. The molecule has 0 aliphatic rings. The predicted octanol–water partition coefficient (Wildman–Crippen LogP) is 2.87. The van der Waals surface area contributed by atoms with Crippen LogP contribution in [-0.4, -0.2) is 37.0 Å². The van der Waals surface area contributed by atoms with Crippen molar-refractivity contribution in [2.24, 2.45) is 0 Å². The Hall–Kier alpha value is -1.62. The van der Waals surface area contributed by atoms with E-state index in [4.69, 9.17) is 4.74 Å². The number of hydrogen-bond donors (Lipinski definition) is 0. The van der Waals surface area contributed by atoms with Crippen LogP contribution >= 0.6 is 15.9 Å². The molecule has 0 atom stereocenters. The quantitative estimate of drug-likeness (QED) is 0.591. The largest absolute Gasteiger partial charge is 0.466 e. The molecule has 1 aromatic carbocycles. The highest BCUT2D eigenvalue weighted by Gasteiger charge is 2.08. The SMILES string of the molecule is CCOC(=O)CCN(C)C(=O)C=Cc1ccc(Br)cc1. The zero-order valence-electron chi connectivity index (χ0n) is 11.6. The van der Waals surface area contributed by atoms with Crippen molar-refractivity contribution in [3.8, 4) is 0 Å². The summed E-state index contributed by atoms with van der Waals surface area (Å²) in [7, 11) is 1.66. The Labute approximate surface area is 127 Å². The Bertz CT molecular complexity index is 482. The van der Waals surface area contributed by atoms with Gasteiger partial charge in [-0.15, -0.1) is 0 Å². The fourth-order valence-electron chi connectivity index (χ4n) is 1.47. The lowest BCUT2D eigenvalue weighted by Crippen LogP contribution is -2.27. The van der Waals surface area contributed by atoms with E-state index in [1.54, 1.807) is 20.0 Å². The van der Waals surface area contributed by atoms with Gasteiger partial charge in [-0.2, -0.15) is 0 Å². The minimum absolute atomic E-state index is 0.141. The van der Waals surface area contributed by atoms with E-state index in [1.807, 2.05) is 24.3 Å². The van der Waals surface area contributed by atoms with Crippen LogP contribution in [0.3, 0.4) is 0 Å². The van der Waals surface area contributed by atoms with Crippen LogP contribution < -0.4 is 0 Å². The van der Waals surface area contributed by atoms with Gasteiger partial charge in [-0.1, -0.05) is 28.1 Å². The van der Waals surface area contributed by atoms with Crippen LogP contribution in [-0.2, 0) is 14.3 Å². The number of esters is 1. The van der Waals surface area contributed by atoms with Crippen molar-refractivity contribution in [1.29, 1.82) is 0 Å². The Kier molecular flexibility index (Phi) is 7.01. The molecule has 0 heterocycles. The van der Waals surface area contributed by atoms with E-state index < -0.39 is 0 Å². The van der Waals surface area contributed by atoms with Gasteiger partial charge in [0.15, 0.2) is 0 Å². The van der Waals surface area contributed by atoms with Crippen molar-refractivity contribution in [2.75, 3.05) is 20.2 Å². The maximum Gasteiger partial charge on any atom is 0.307 e. The van der Waals surface area contributed by atoms with Crippen molar-refractivity contribution in [3.05, 3.63) is 40.4 Å². The number of carbonyl (C=O) groups is 2. The normalized spacial score (nSPS) is 10.6. The third-order valence-corrected chi connectivity index (χ3v) is 3.15. The molecule has 1 rings (SSSR count). The Balaban J connectivity index is 2.45. The van der Waals surface area contributed by atoms with Crippen molar-refractivity contribution in [2.45, 2.75) is 13.3 Å². The summed E-state index contributed by atoms with van der Waals surface area (Å²) < 4.78 is 5.81. The van der Waals surface area contributed by atoms with Crippen molar-refractivity contribution in [3.63, 3.8) is 0 Å². The van der Waals surface area contributed by atoms with Crippen LogP contribution in [0.5, 0.6) is 0 Å². The van der Waals surface area contributed by atoms with E-state index in [-0.39, 0.29) is 18.3 Å². The predicted molar refractivity (Wildman–Crippen MR) is 82.1 cm³/mol. The standard InChI is InChI=1S/C15H18BrNO3/c1-3-20-15(19)10-11-17(2)14(18)9-6-12-4-7-13(16)8-5-12/h4-9H,3,10-11H2,1-2H3. The van der Waals surface area contributed by atoms with Crippen LogP contribution in [0.4, 0.5) is 0 Å². The third-order valence-electron chi connectivity index (χ3n) is 2.62. The molecule has 0 fully saturated rings. The van der Waals surface area contributed by atoms with Gasteiger partial charge in [0.2, 0.25) is 5.91 Å². The highest BCUT2D eigenvalue weighted by atomic mass is 79.9. The van der Waals surface area contributed by atoms with Gasteiger partial charge in [0.1, 0.15) is 0 Å². The number of halogens is 1. The fourth-order valence-corrected chi connectivity index (χ4v) is 1.74. The van der Waals surface area contributed by atoms with Gasteiger partial charge >= 0.3 is 5.97 Å². The van der Waals surface area contributed by atoms with E-state index in [2.05, 4.69) is 15.9 Å². The van der Waals surface area contributed by atoms with Crippen molar-refractivity contribution in [1.82, 2.24) is 4.90 Å². The number of hydrogen-bond acceptors (Lipinski definition) is 3. The lowest BCUT2D eigenvalue weighted by Gasteiger charge is -2.14. The minimum atomic E-state index is -0.288. The van der Waals surface area contributed by atoms with Gasteiger partial charge in [0.25, 0.3) is 0 Å². The number of benzene rings is 1. The Morgan fingerprint density at radius 3 is 2.55 bits per heavy atom. The summed E-state index contributed by atoms with van der Waals surface area (Å²) in [5.74, 6) is -0.429. The number of amides is 1. The first-order chi connectivity index (χ1) is 9.52. The molecule has 0 aliphatic heterocycles. The molecular formula is C15H18BrNO3. The van der Waals surface area contributed by atoms with Gasteiger partial charge in [-0.05, 0) is 30.7 Å². The summed E-state index contributed by atoms with van der Waals surface area (Å²) in [6, 6.07) is 7.64. The van der Waals surface area contributed by atoms with Crippen LogP contribution in [0.25, 0.3) is 6.08 Å². The molecule has 0 unspecified atom stereocenters. The molecule has 0 N–H and O–H groups in total. The highest BCUT2D eigenvalue weighted by molar-refractivity contribution is 9.10. The van der Waals surface area contributed by atoms with Crippen molar-refractivity contribution < 1.29 is 14.3 Å². The first kappa shape index (κ1) is 16.4. The van der Waals surface area contributed by atoms with Gasteiger partial charge in [0.05, 0.1) is 13.0 Å². The number of ether oxygens (including phenoxy) is 1. The average molecular weight is 340 g/mol.